The number of hydrogen-bond acceptors (Lipinski definition) is 6. The maximum Gasteiger partial charge on any atom is 0.350 e. The summed E-state index contributed by atoms with van der Waals surface area (Å²) in [6.07, 6.45) is 1.68. The van der Waals surface area contributed by atoms with Crippen molar-refractivity contribution in [2.75, 3.05) is 4.72 Å². The molecule has 4 rings (SSSR count). The highest BCUT2D eigenvalue weighted by Gasteiger charge is 2.28. The minimum absolute atomic E-state index is 0.00946. The van der Waals surface area contributed by atoms with Crippen molar-refractivity contribution >= 4 is 42.4 Å². The smallest absolute Gasteiger partial charge is 0.350 e. The lowest BCUT2D eigenvalue weighted by Crippen LogP contribution is -2.37. The lowest BCUT2D eigenvalue weighted by Gasteiger charge is -2.16. The van der Waals surface area contributed by atoms with Crippen LogP contribution >= 0.6 is 11.3 Å². The monoisotopic (exact) mass is 495 g/mol. The molecule has 0 fully saturated rings. The van der Waals surface area contributed by atoms with Crippen molar-refractivity contribution in [2.24, 2.45) is 5.11 Å². The number of aromatic nitrogens is 1. The van der Waals surface area contributed by atoms with Crippen molar-refractivity contribution in [1.29, 1.82) is 5.53 Å². The number of nitrogens with one attached hydrogen (secondary N) is 2. The van der Waals surface area contributed by atoms with Gasteiger partial charge < -0.3 is 4.74 Å². The summed E-state index contributed by atoms with van der Waals surface area (Å²) >= 11 is 1.31. The summed E-state index contributed by atoms with van der Waals surface area (Å²) in [6, 6.07) is 21.8. The van der Waals surface area contributed by atoms with Gasteiger partial charge in [0.1, 0.15) is 22.6 Å². The Bertz CT molecular complexity index is 1380. The Balaban J connectivity index is 1.85. The first kappa shape index (κ1) is 23.8. The molecule has 0 unspecified atom stereocenters. The van der Waals surface area contributed by atoms with Gasteiger partial charge in [-0.1, -0.05) is 62.4 Å². The van der Waals surface area contributed by atoms with E-state index < -0.39 is 10.0 Å². The summed E-state index contributed by atoms with van der Waals surface area (Å²) in [5.74, 6) is 0.522. The van der Waals surface area contributed by atoms with Crippen LogP contribution in [-0.4, -0.2) is 14.5 Å². The van der Waals surface area contributed by atoms with Crippen LogP contribution in [0.5, 0.6) is 5.75 Å². The molecule has 176 valence electrons. The Labute approximate surface area is 203 Å². The zero-order chi connectivity index (χ0) is 24.1. The Morgan fingerprint density at radius 3 is 2.29 bits per heavy atom. The van der Waals surface area contributed by atoms with Crippen LogP contribution < -0.4 is 14.0 Å². The SMILES string of the molecule is CCC(CC)Oc1cc2c(cc1N=N)sc(NS(=O)(=O)c1ccccc1)[n+]2Cc1ccccc1. The Morgan fingerprint density at radius 2 is 1.68 bits per heavy atom. The molecule has 0 saturated carbocycles. The fourth-order valence-electron chi connectivity index (χ4n) is 3.69. The lowest BCUT2D eigenvalue weighted by atomic mass is 10.2. The van der Waals surface area contributed by atoms with Gasteiger partial charge in [0, 0.05) is 6.07 Å². The van der Waals surface area contributed by atoms with Crippen LogP contribution in [-0.2, 0) is 16.6 Å². The van der Waals surface area contributed by atoms with Crippen molar-refractivity contribution in [1.82, 2.24) is 0 Å². The highest BCUT2D eigenvalue weighted by atomic mass is 32.2. The number of rotatable bonds is 10. The second-order valence-electron chi connectivity index (χ2n) is 7.85. The average molecular weight is 496 g/mol. The van der Waals surface area contributed by atoms with E-state index in [0.717, 1.165) is 28.6 Å². The van der Waals surface area contributed by atoms with E-state index in [9.17, 15) is 8.42 Å². The first-order valence-corrected chi connectivity index (χ1v) is 13.4. The third kappa shape index (κ3) is 5.10. The van der Waals surface area contributed by atoms with Crippen molar-refractivity contribution in [3.05, 3.63) is 78.4 Å². The van der Waals surface area contributed by atoms with Crippen LogP contribution in [0.15, 0.2) is 82.8 Å². The summed E-state index contributed by atoms with van der Waals surface area (Å²) < 4.78 is 37.9. The molecule has 0 spiro atoms. The molecule has 0 bridgehead atoms. The summed E-state index contributed by atoms with van der Waals surface area (Å²) in [4.78, 5) is 0.193. The number of benzene rings is 3. The number of anilines is 1. The number of nitrogens with zero attached hydrogens (tertiary/aromatic N) is 2. The molecule has 7 nitrogen and oxygen atoms in total. The molecule has 0 amide bonds. The molecule has 9 heteroatoms. The van der Waals surface area contributed by atoms with Crippen molar-refractivity contribution in [2.45, 2.75) is 44.2 Å². The summed E-state index contributed by atoms with van der Waals surface area (Å²) in [5.41, 5.74) is 9.91. The molecular weight excluding hydrogens is 468 g/mol. The minimum Gasteiger partial charge on any atom is -0.488 e. The summed E-state index contributed by atoms with van der Waals surface area (Å²) in [6.45, 7) is 4.58. The van der Waals surface area contributed by atoms with Crippen LogP contribution in [0.25, 0.3) is 10.2 Å². The molecule has 0 atom stereocenters. The van der Waals surface area contributed by atoms with Gasteiger partial charge in [-0.05, 0) is 47.9 Å². The minimum atomic E-state index is -3.78. The molecule has 4 aromatic rings. The number of fused-ring (bicyclic) bond motifs is 1. The molecule has 0 saturated heterocycles. The molecule has 0 aliphatic heterocycles. The fraction of sp³-hybridized carbons (Fsp3) is 0.240. The Hall–Kier alpha value is -3.30. The van der Waals surface area contributed by atoms with E-state index in [1.165, 1.54) is 11.3 Å². The molecule has 0 aliphatic rings. The molecule has 0 aliphatic carbocycles. The predicted octanol–water partition coefficient (Wildman–Crippen LogP) is 6.27. The zero-order valence-electron chi connectivity index (χ0n) is 19.1. The fourth-order valence-corrected chi connectivity index (χ4v) is 6.08. The number of thiazole rings is 1. The normalized spacial score (nSPS) is 11.6. The van der Waals surface area contributed by atoms with Gasteiger partial charge in [-0.3, -0.25) is 0 Å². The molecule has 34 heavy (non-hydrogen) atoms. The molecule has 2 N–H and O–H groups in total. The van der Waals surface area contributed by atoms with Gasteiger partial charge in [-0.2, -0.15) is 18.3 Å². The first-order valence-electron chi connectivity index (χ1n) is 11.1. The maximum absolute atomic E-state index is 13.1. The van der Waals surface area contributed by atoms with Gasteiger partial charge in [0.25, 0.3) is 0 Å². The first-order chi connectivity index (χ1) is 16.4. The van der Waals surface area contributed by atoms with E-state index in [0.29, 0.717) is 23.1 Å². The van der Waals surface area contributed by atoms with Crippen LogP contribution in [0.3, 0.4) is 0 Å². The third-order valence-corrected chi connectivity index (χ3v) is 8.11. The van der Waals surface area contributed by atoms with Crippen LogP contribution in [0.4, 0.5) is 10.8 Å². The van der Waals surface area contributed by atoms with Gasteiger partial charge in [-0.15, -0.1) is 0 Å². The topological polar surface area (TPSA) is 95.5 Å². The van der Waals surface area contributed by atoms with Crippen LogP contribution in [0, 0.1) is 5.53 Å². The highest BCUT2D eigenvalue weighted by molar-refractivity contribution is 7.93. The van der Waals surface area contributed by atoms with E-state index in [2.05, 4.69) is 23.7 Å². The molecule has 1 heterocycles. The van der Waals surface area contributed by atoms with E-state index in [1.54, 1.807) is 36.4 Å². The predicted molar refractivity (Wildman–Crippen MR) is 135 cm³/mol. The van der Waals surface area contributed by atoms with Crippen molar-refractivity contribution in [3.8, 4) is 5.75 Å². The van der Waals surface area contributed by atoms with Gasteiger partial charge >= 0.3 is 15.2 Å². The molecule has 3 aromatic carbocycles. The van der Waals surface area contributed by atoms with E-state index in [1.807, 2.05) is 41.0 Å². The average Bonchev–Trinajstić information content (AvgIpc) is 3.18. The Morgan fingerprint density at radius 1 is 1.03 bits per heavy atom. The van der Waals surface area contributed by atoms with Crippen LogP contribution in [0.2, 0.25) is 0 Å². The van der Waals surface area contributed by atoms with Crippen LogP contribution in [0.1, 0.15) is 32.3 Å². The second kappa shape index (κ2) is 10.3. The number of hydrogen-bond donors (Lipinski definition) is 2. The standard InChI is InChI=1S/C25H26N4O3S2/c1-3-19(4-2)32-23-16-22-24(15-21(23)27-26)33-25(29(22)17-18-11-7-5-8-12-18)28-34(30,31)20-13-9-6-10-14-20/h5-16,19,26H,3-4,17H2,1-2H3/p+1. The maximum atomic E-state index is 13.1. The van der Waals surface area contributed by atoms with Gasteiger partial charge in [0.15, 0.2) is 5.75 Å². The molecule has 1 aromatic heterocycles. The van der Waals surface area contributed by atoms with E-state index >= 15 is 0 Å². The summed E-state index contributed by atoms with van der Waals surface area (Å²) in [7, 11) is -3.78. The number of sulfonamides is 1. The summed E-state index contributed by atoms with van der Waals surface area (Å²) in [5, 5.41) is 4.14. The third-order valence-electron chi connectivity index (χ3n) is 5.57. The van der Waals surface area contributed by atoms with Crippen molar-refractivity contribution < 1.29 is 17.7 Å². The zero-order valence-corrected chi connectivity index (χ0v) is 20.7. The van der Waals surface area contributed by atoms with E-state index in [-0.39, 0.29) is 11.0 Å². The number of ether oxygens (including phenoxy) is 1. The van der Waals surface area contributed by atoms with Gasteiger partial charge in [0.05, 0.1) is 10.8 Å². The second-order valence-corrected chi connectivity index (χ2v) is 10.6. The quantitative estimate of drug-likeness (QED) is 0.200. The molecular formula is C25H27N4O3S2+. The van der Waals surface area contributed by atoms with E-state index in [4.69, 9.17) is 10.3 Å². The Kier molecular flexibility index (Phi) is 7.23. The van der Waals surface area contributed by atoms with Gasteiger partial charge in [0.2, 0.25) is 0 Å². The van der Waals surface area contributed by atoms with Crippen molar-refractivity contribution in [3.63, 3.8) is 0 Å². The highest BCUT2D eigenvalue weighted by Crippen LogP contribution is 2.37. The largest absolute Gasteiger partial charge is 0.488 e. The molecule has 0 radical (unpaired) electrons. The van der Waals surface area contributed by atoms with Gasteiger partial charge in [-0.25, -0.2) is 10.1 Å². The lowest BCUT2D eigenvalue weighted by molar-refractivity contribution is -0.644.